The summed E-state index contributed by atoms with van der Waals surface area (Å²) in [5, 5.41) is 14.9. The summed E-state index contributed by atoms with van der Waals surface area (Å²) in [5.74, 6) is 0.577. The highest BCUT2D eigenvalue weighted by Gasteiger charge is 2.12. The van der Waals surface area contributed by atoms with Gasteiger partial charge in [-0.25, -0.2) is 0 Å². The van der Waals surface area contributed by atoms with Gasteiger partial charge in [-0.1, -0.05) is 37.9 Å². The van der Waals surface area contributed by atoms with Crippen LogP contribution >= 0.6 is 11.6 Å². The largest absolute Gasteiger partial charge is 0.313 e. The van der Waals surface area contributed by atoms with E-state index in [1.807, 2.05) is 13.0 Å². The first-order valence-corrected chi connectivity index (χ1v) is 7.16. The first-order chi connectivity index (χ1) is 9.43. The quantitative estimate of drug-likeness (QED) is 0.603. The maximum Gasteiger partial charge on any atom is 0.276 e. The molecule has 0 amide bonds. The van der Waals surface area contributed by atoms with Gasteiger partial charge in [-0.05, 0) is 37.1 Å². The van der Waals surface area contributed by atoms with Crippen LogP contribution in [-0.2, 0) is 0 Å². The SMILES string of the molecule is CC/C(=C/c1cc(Cl)ccc1[N+](=O)[O-])CNCC(C)C. The molecule has 0 aliphatic rings. The number of nitro benzene ring substituents is 1. The van der Waals surface area contributed by atoms with Gasteiger partial charge in [0.15, 0.2) is 0 Å². The Morgan fingerprint density at radius 2 is 2.20 bits per heavy atom. The van der Waals surface area contributed by atoms with Crippen LogP contribution < -0.4 is 5.32 Å². The maximum absolute atomic E-state index is 11.0. The summed E-state index contributed by atoms with van der Waals surface area (Å²) in [6.45, 7) is 7.99. The molecule has 0 saturated heterocycles. The summed E-state index contributed by atoms with van der Waals surface area (Å²) >= 11 is 5.93. The topological polar surface area (TPSA) is 55.2 Å². The second-order valence-corrected chi connectivity index (χ2v) is 5.58. The Balaban J connectivity index is 2.93. The molecule has 0 aliphatic heterocycles. The second-order valence-electron chi connectivity index (χ2n) is 5.14. The van der Waals surface area contributed by atoms with E-state index in [0.717, 1.165) is 25.1 Å². The van der Waals surface area contributed by atoms with Crippen molar-refractivity contribution >= 4 is 23.4 Å². The standard InChI is InChI=1S/C15H21ClN2O2/c1-4-12(10-17-9-11(2)3)7-13-8-14(16)5-6-15(13)18(19)20/h5-8,11,17H,4,9-10H2,1-3H3/b12-7-. The predicted molar refractivity (Wildman–Crippen MR) is 84.1 cm³/mol. The highest BCUT2D eigenvalue weighted by molar-refractivity contribution is 6.30. The van der Waals surface area contributed by atoms with Crippen molar-refractivity contribution in [2.75, 3.05) is 13.1 Å². The number of nitrogens with one attached hydrogen (secondary N) is 1. The number of hydrogen-bond donors (Lipinski definition) is 1. The molecule has 1 N–H and O–H groups in total. The first-order valence-electron chi connectivity index (χ1n) is 6.78. The molecule has 110 valence electrons. The lowest BCUT2D eigenvalue weighted by atomic mass is 10.1. The zero-order valence-corrected chi connectivity index (χ0v) is 12.9. The van der Waals surface area contributed by atoms with Crippen LogP contribution in [0, 0.1) is 16.0 Å². The van der Waals surface area contributed by atoms with Crippen molar-refractivity contribution in [2.24, 2.45) is 5.92 Å². The zero-order chi connectivity index (χ0) is 15.1. The molecule has 0 atom stereocenters. The summed E-state index contributed by atoms with van der Waals surface area (Å²) in [4.78, 5) is 10.6. The average Bonchev–Trinajstić information content (AvgIpc) is 2.36. The van der Waals surface area contributed by atoms with Crippen LogP contribution in [0.15, 0.2) is 23.8 Å². The molecule has 5 heteroatoms. The molecule has 0 spiro atoms. The molecule has 20 heavy (non-hydrogen) atoms. The van der Waals surface area contributed by atoms with E-state index >= 15 is 0 Å². The fourth-order valence-corrected chi connectivity index (χ4v) is 2.01. The van der Waals surface area contributed by atoms with Crippen molar-refractivity contribution < 1.29 is 4.92 Å². The monoisotopic (exact) mass is 296 g/mol. The number of rotatable bonds is 7. The molecule has 0 heterocycles. The number of halogens is 1. The van der Waals surface area contributed by atoms with Gasteiger partial charge in [0.05, 0.1) is 10.5 Å². The van der Waals surface area contributed by atoms with Crippen LogP contribution in [0.25, 0.3) is 6.08 Å². The Kier molecular flexibility index (Phi) is 6.68. The van der Waals surface area contributed by atoms with E-state index in [2.05, 4.69) is 19.2 Å². The number of nitrogens with zero attached hydrogens (tertiary/aromatic N) is 1. The Bertz CT molecular complexity index is 499. The van der Waals surface area contributed by atoms with E-state index < -0.39 is 0 Å². The second kappa shape index (κ2) is 8.02. The first kappa shape index (κ1) is 16.7. The summed E-state index contributed by atoms with van der Waals surface area (Å²) in [6.07, 6.45) is 2.70. The Morgan fingerprint density at radius 1 is 1.50 bits per heavy atom. The summed E-state index contributed by atoms with van der Waals surface area (Å²) in [6, 6.07) is 4.63. The van der Waals surface area contributed by atoms with Crippen molar-refractivity contribution in [2.45, 2.75) is 27.2 Å². The van der Waals surface area contributed by atoms with Gasteiger partial charge in [0.1, 0.15) is 0 Å². The molecule has 0 saturated carbocycles. The lowest BCUT2D eigenvalue weighted by Gasteiger charge is -2.10. The fraction of sp³-hybridized carbons (Fsp3) is 0.467. The Labute approximate surface area is 125 Å². The molecule has 0 unspecified atom stereocenters. The van der Waals surface area contributed by atoms with Gasteiger partial charge in [0.2, 0.25) is 0 Å². The molecule has 4 nitrogen and oxygen atoms in total. The van der Waals surface area contributed by atoms with Crippen molar-refractivity contribution in [1.82, 2.24) is 5.32 Å². The van der Waals surface area contributed by atoms with E-state index in [1.54, 1.807) is 12.1 Å². The normalized spacial score (nSPS) is 11.9. The van der Waals surface area contributed by atoms with Gasteiger partial charge in [-0.3, -0.25) is 10.1 Å². The molecule has 1 rings (SSSR count). The highest BCUT2D eigenvalue weighted by Crippen LogP contribution is 2.25. The average molecular weight is 297 g/mol. The van der Waals surface area contributed by atoms with Crippen molar-refractivity contribution in [3.8, 4) is 0 Å². The van der Waals surface area contributed by atoms with Gasteiger partial charge in [0, 0.05) is 17.6 Å². The molecular weight excluding hydrogens is 276 g/mol. The van der Waals surface area contributed by atoms with Crippen LogP contribution in [0.2, 0.25) is 5.02 Å². The Hall–Kier alpha value is -1.39. The van der Waals surface area contributed by atoms with Crippen LogP contribution in [-0.4, -0.2) is 18.0 Å². The molecule has 0 fully saturated rings. The van der Waals surface area contributed by atoms with Crippen LogP contribution in [0.1, 0.15) is 32.8 Å². The lowest BCUT2D eigenvalue weighted by molar-refractivity contribution is -0.385. The molecule has 1 aromatic rings. The summed E-state index contributed by atoms with van der Waals surface area (Å²) in [7, 11) is 0. The summed E-state index contributed by atoms with van der Waals surface area (Å²) < 4.78 is 0. The van der Waals surface area contributed by atoms with Gasteiger partial charge in [0.25, 0.3) is 5.69 Å². The molecule has 0 bridgehead atoms. The molecule has 0 radical (unpaired) electrons. The summed E-state index contributed by atoms with van der Waals surface area (Å²) in [5.41, 5.74) is 1.77. The molecule has 0 aromatic heterocycles. The smallest absolute Gasteiger partial charge is 0.276 e. The van der Waals surface area contributed by atoms with Crippen molar-refractivity contribution in [3.05, 3.63) is 44.5 Å². The number of benzene rings is 1. The van der Waals surface area contributed by atoms with Crippen molar-refractivity contribution in [3.63, 3.8) is 0 Å². The predicted octanol–water partition coefficient (Wildman–Crippen LogP) is 4.29. The maximum atomic E-state index is 11.0. The van der Waals surface area contributed by atoms with E-state index in [9.17, 15) is 10.1 Å². The van der Waals surface area contributed by atoms with Gasteiger partial charge < -0.3 is 5.32 Å². The minimum atomic E-state index is -0.378. The van der Waals surface area contributed by atoms with Gasteiger partial charge >= 0.3 is 0 Å². The molecule has 1 aromatic carbocycles. The molecular formula is C15H21ClN2O2. The van der Waals surface area contributed by atoms with E-state index in [0.29, 0.717) is 16.5 Å². The van der Waals surface area contributed by atoms with Crippen LogP contribution in [0.3, 0.4) is 0 Å². The van der Waals surface area contributed by atoms with E-state index in [4.69, 9.17) is 11.6 Å². The highest BCUT2D eigenvalue weighted by atomic mass is 35.5. The van der Waals surface area contributed by atoms with Crippen LogP contribution in [0.4, 0.5) is 5.69 Å². The third-order valence-corrected chi connectivity index (χ3v) is 3.14. The van der Waals surface area contributed by atoms with E-state index in [-0.39, 0.29) is 10.6 Å². The van der Waals surface area contributed by atoms with Crippen LogP contribution in [0.5, 0.6) is 0 Å². The number of hydrogen-bond acceptors (Lipinski definition) is 3. The molecule has 0 aliphatic carbocycles. The zero-order valence-electron chi connectivity index (χ0n) is 12.1. The third kappa shape index (κ3) is 5.31. The fourth-order valence-electron chi connectivity index (χ4n) is 1.83. The van der Waals surface area contributed by atoms with Crippen molar-refractivity contribution in [1.29, 1.82) is 0 Å². The van der Waals surface area contributed by atoms with Gasteiger partial charge in [-0.2, -0.15) is 0 Å². The van der Waals surface area contributed by atoms with E-state index in [1.165, 1.54) is 6.07 Å². The minimum Gasteiger partial charge on any atom is -0.313 e. The Morgan fingerprint density at radius 3 is 2.75 bits per heavy atom. The van der Waals surface area contributed by atoms with Gasteiger partial charge in [-0.15, -0.1) is 0 Å². The number of nitro groups is 1. The minimum absolute atomic E-state index is 0.0872. The third-order valence-electron chi connectivity index (χ3n) is 2.90. The lowest BCUT2D eigenvalue weighted by Crippen LogP contribution is -2.21.